The van der Waals surface area contributed by atoms with Gasteiger partial charge in [-0.3, -0.25) is 0 Å². The summed E-state index contributed by atoms with van der Waals surface area (Å²) in [7, 11) is 0. The van der Waals surface area contributed by atoms with Gasteiger partial charge in [0.2, 0.25) is 0 Å². The molecule has 11 rings (SSSR count). The zero-order valence-electron chi connectivity index (χ0n) is 29.4. The molecule has 0 unspecified atom stereocenters. The summed E-state index contributed by atoms with van der Waals surface area (Å²) in [6.45, 7) is 0. The minimum Gasteiger partial charge on any atom is -0.310 e. The first-order valence-corrected chi connectivity index (χ1v) is 19.3. The molecule has 0 aliphatic carbocycles. The Balaban J connectivity index is 1.04. The van der Waals surface area contributed by atoms with E-state index in [1.165, 1.54) is 85.5 Å². The maximum Gasteiger partial charge on any atom is 0.0468 e. The van der Waals surface area contributed by atoms with Gasteiger partial charge in [-0.05, 0) is 126 Å². The van der Waals surface area contributed by atoms with Gasteiger partial charge in [-0.1, -0.05) is 140 Å². The SMILES string of the molecule is c1ccc(-c2cccc(N(c3ccc(-c4ccc5ccc6c7ccccc7ccc6c5c4)cc3)c3ccc4cc5sc6ccccc6c5cc4c3)c2)cc1. The predicted octanol–water partition coefficient (Wildman–Crippen LogP) is 15.5. The first kappa shape index (κ1) is 30.8. The van der Waals surface area contributed by atoms with E-state index in [1.807, 2.05) is 11.3 Å². The normalized spacial score (nSPS) is 11.7. The smallest absolute Gasteiger partial charge is 0.0468 e. The highest BCUT2D eigenvalue weighted by atomic mass is 32.1. The van der Waals surface area contributed by atoms with Gasteiger partial charge in [-0.2, -0.15) is 0 Å². The lowest BCUT2D eigenvalue weighted by molar-refractivity contribution is 1.29. The van der Waals surface area contributed by atoms with E-state index in [-0.39, 0.29) is 0 Å². The van der Waals surface area contributed by atoms with E-state index in [9.17, 15) is 0 Å². The highest BCUT2D eigenvalue weighted by molar-refractivity contribution is 7.25. The van der Waals surface area contributed by atoms with Crippen molar-refractivity contribution in [2.24, 2.45) is 0 Å². The molecule has 1 nitrogen and oxygen atoms in total. The fourth-order valence-corrected chi connectivity index (χ4v) is 9.43. The molecule has 54 heavy (non-hydrogen) atoms. The van der Waals surface area contributed by atoms with E-state index < -0.39 is 0 Å². The van der Waals surface area contributed by atoms with Crippen LogP contribution >= 0.6 is 11.3 Å². The van der Waals surface area contributed by atoms with Gasteiger partial charge in [0.1, 0.15) is 0 Å². The van der Waals surface area contributed by atoms with Gasteiger partial charge in [0.15, 0.2) is 0 Å². The predicted molar refractivity (Wildman–Crippen MR) is 235 cm³/mol. The largest absolute Gasteiger partial charge is 0.310 e. The number of fused-ring (bicyclic) bond motifs is 9. The van der Waals surface area contributed by atoms with Crippen molar-refractivity contribution in [2.45, 2.75) is 0 Å². The van der Waals surface area contributed by atoms with Gasteiger partial charge >= 0.3 is 0 Å². The maximum atomic E-state index is 2.39. The second-order valence-corrected chi connectivity index (χ2v) is 15.2. The molecule has 2 heteroatoms. The van der Waals surface area contributed by atoms with Crippen LogP contribution in [0.3, 0.4) is 0 Å². The summed E-state index contributed by atoms with van der Waals surface area (Å²) in [6, 6.07) is 73.6. The van der Waals surface area contributed by atoms with Crippen LogP contribution in [-0.2, 0) is 0 Å². The van der Waals surface area contributed by atoms with Crippen LogP contribution < -0.4 is 4.90 Å². The Kier molecular flexibility index (Phi) is 7.11. The molecular formula is C52H33NS. The number of thiophene rings is 1. The van der Waals surface area contributed by atoms with Crippen LogP contribution in [0, 0.1) is 0 Å². The Morgan fingerprint density at radius 3 is 1.74 bits per heavy atom. The molecule has 0 bridgehead atoms. The topological polar surface area (TPSA) is 3.24 Å². The molecule has 0 saturated heterocycles. The minimum atomic E-state index is 1.11. The first-order chi connectivity index (χ1) is 26.7. The summed E-state index contributed by atoms with van der Waals surface area (Å²) in [5, 5.41) is 12.8. The molecule has 1 heterocycles. The number of hydrogen-bond acceptors (Lipinski definition) is 2. The summed E-state index contributed by atoms with van der Waals surface area (Å²) < 4.78 is 2.66. The molecule has 252 valence electrons. The van der Waals surface area contributed by atoms with E-state index in [2.05, 4.69) is 205 Å². The van der Waals surface area contributed by atoms with Gasteiger partial charge in [-0.15, -0.1) is 11.3 Å². The maximum absolute atomic E-state index is 2.39. The Labute approximate surface area is 317 Å². The van der Waals surface area contributed by atoms with E-state index in [0.717, 1.165) is 17.1 Å². The fraction of sp³-hybridized carbons (Fsp3) is 0. The molecule has 1 aromatic heterocycles. The van der Waals surface area contributed by atoms with Crippen LogP contribution in [0.25, 0.3) is 85.5 Å². The molecule has 0 radical (unpaired) electrons. The van der Waals surface area contributed by atoms with Crippen molar-refractivity contribution in [3.63, 3.8) is 0 Å². The average Bonchev–Trinajstić information content (AvgIpc) is 3.60. The first-order valence-electron chi connectivity index (χ1n) is 18.5. The highest BCUT2D eigenvalue weighted by Crippen LogP contribution is 2.42. The minimum absolute atomic E-state index is 1.11. The van der Waals surface area contributed by atoms with E-state index in [0.29, 0.717) is 0 Å². The second kappa shape index (κ2) is 12.4. The third-order valence-electron chi connectivity index (χ3n) is 11.0. The number of anilines is 3. The Morgan fingerprint density at radius 2 is 0.870 bits per heavy atom. The van der Waals surface area contributed by atoms with Crippen LogP contribution in [-0.4, -0.2) is 0 Å². The number of nitrogens with zero attached hydrogens (tertiary/aromatic N) is 1. The number of rotatable bonds is 5. The lowest BCUT2D eigenvalue weighted by atomic mass is 9.94. The average molecular weight is 704 g/mol. The van der Waals surface area contributed by atoms with Crippen LogP contribution in [0.5, 0.6) is 0 Å². The molecule has 0 N–H and O–H groups in total. The van der Waals surface area contributed by atoms with Crippen LogP contribution in [0.15, 0.2) is 200 Å². The lowest BCUT2D eigenvalue weighted by Crippen LogP contribution is -2.10. The molecule has 0 saturated carbocycles. The summed E-state index contributed by atoms with van der Waals surface area (Å²) in [6.07, 6.45) is 0. The molecule has 0 spiro atoms. The summed E-state index contributed by atoms with van der Waals surface area (Å²) in [5.74, 6) is 0. The molecule has 0 aliphatic heterocycles. The molecule has 0 fully saturated rings. The van der Waals surface area contributed by atoms with E-state index in [1.54, 1.807) is 0 Å². The van der Waals surface area contributed by atoms with Crippen molar-refractivity contribution < 1.29 is 0 Å². The van der Waals surface area contributed by atoms with Crippen LogP contribution in [0.1, 0.15) is 0 Å². The standard InChI is InChI=1S/C52H33NS/c1-2-9-34(10-3-1)38-12-8-13-43(29-38)53(44-26-21-40-33-52-50(32-41(40)30-44)48-15-6-7-16-51(48)54-52)42-24-19-35(20-25-42)39-18-17-37-23-27-46-45-14-5-4-11-36(45)22-28-47(46)49(37)31-39/h1-33H. The Hall–Kier alpha value is -6.74. The molecule has 10 aromatic carbocycles. The van der Waals surface area contributed by atoms with Crippen molar-refractivity contribution in [3.05, 3.63) is 200 Å². The van der Waals surface area contributed by atoms with E-state index >= 15 is 0 Å². The van der Waals surface area contributed by atoms with Gasteiger partial charge in [0.05, 0.1) is 0 Å². The van der Waals surface area contributed by atoms with Crippen molar-refractivity contribution in [1.82, 2.24) is 0 Å². The second-order valence-electron chi connectivity index (χ2n) is 14.2. The summed E-state index contributed by atoms with van der Waals surface area (Å²) in [5.41, 5.74) is 8.17. The number of hydrogen-bond donors (Lipinski definition) is 0. The van der Waals surface area contributed by atoms with Gasteiger partial charge in [-0.25, -0.2) is 0 Å². The van der Waals surface area contributed by atoms with E-state index in [4.69, 9.17) is 0 Å². The fourth-order valence-electron chi connectivity index (χ4n) is 8.30. The Bertz CT molecular complexity index is 3210. The third kappa shape index (κ3) is 5.15. The van der Waals surface area contributed by atoms with Crippen molar-refractivity contribution >= 4 is 91.7 Å². The lowest BCUT2D eigenvalue weighted by Gasteiger charge is -2.26. The molecule has 11 aromatic rings. The molecule has 0 amide bonds. The van der Waals surface area contributed by atoms with Crippen LogP contribution in [0.4, 0.5) is 17.1 Å². The zero-order valence-corrected chi connectivity index (χ0v) is 30.2. The highest BCUT2D eigenvalue weighted by Gasteiger charge is 2.16. The van der Waals surface area contributed by atoms with Crippen LogP contribution in [0.2, 0.25) is 0 Å². The zero-order chi connectivity index (χ0) is 35.6. The molecular weight excluding hydrogens is 671 g/mol. The van der Waals surface area contributed by atoms with Gasteiger partial charge in [0, 0.05) is 37.2 Å². The van der Waals surface area contributed by atoms with Crippen molar-refractivity contribution in [2.75, 3.05) is 4.90 Å². The van der Waals surface area contributed by atoms with Crippen molar-refractivity contribution in [1.29, 1.82) is 0 Å². The van der Waals surface area contributed by atoms with Crippen molar-refractivity contribution in [3.8, 4) is 22.3 Å². The Morgan fingerprint density at radius 1 is 0.259 bits per heavy atom. The molecule has 0 atom stereocenters. The molecule has 0 aliphatic rings. The van der Waals surface area contributed by atoms with Gasteiger partial charge in [0.25, 0.3) is 0 Å². The quantitative estimate of drug-likeness (QED) is 0.161. The summed E-state index contributed by atoms with van der Waals surface area (Å²) in [4.78, 5) is 2.39. The monoisotopic (exact) mass is 703 g/mol. The van der Waals surface area contributed by atoms with Gasteiger partial charge < -0.3 is 4.90 Å². The number of benzene rings is 10. The summed E-state index contributed by atoms with van der Waals surface area (Å²) >= 11 is 1.87. The third-order valence-corrected chi connectivity index (χ3v) is 12.1.